The van der Waals surface area contributed by atoms with E-state index in [0.29, 0.717) is 13.3 Å². The average molecular weight is 355 g/mol. The molecule has 1 aliphatic heterocycles. The Morgan fingerprint density at radius 3 is 2.50 bits per heavy atom. The first-order chi connectivity index (χ1) is 12.7. The van der Waals surface area contributed by atoms with Gasteiger partial charge in [0, 0.05) is 31.9 Å². The number of methoxy groups -OCH3 is 1. The summed E-state index contributed by atoms with van der Waals surface area (Å²) in [6.45, 7) is 3.93. The molecule has 0 radical (unpaired) electrons. The Kier molecular flexibility index (Phi) is 6.46. The molecule has 2 aromatic carbocycles. The lowest BCUT2D eigenvalue weighted by Gasteiger charge is -2.26. The molecule has 0 spiro atoms. The number of hydrogen-bond donors (Lipinski definition) is 2. The van der Waals surface area contributed by atoms with Crippen molar-refractivity contribution in [3.05, 3.63) is 59.7 Å². The van der Waals surface area contributed by atoms with Gasteiger partial charge in [-0.15, -0.1) is 0 Å². The summed E-state index contributed by atoms with van der Waals surface area (Å²) < 4.78 is 10.6. The number of carbonyl (C=O) groups is 1. The summed E-state index contributed by atoms with van der Waals surface area (Å²) in [5.74, 6) is 0.800. The quantitative estimate of drug-likeness (QED) is 0.835. The van der Waals surface area contributed by atoms with E-state index >= 15 is 0 Å². The van der Waals surface area contributed by atoms with Gasteiger partial charge in [0.15, 0.2) is 0 Å². The maximum absolute atomic E-state index is 12.0. The van der Waals surface area contributed by atoms with Crippen molar-refractivity contribution >= 4 is 11.7 Å². The second kappa shape index (κ2) is 9.22. The van der Waals surface area contributed by atoms with Crippen LogP contribution in [0.2, 0.25) is 0 Å². The maximum atomic E-state index is 12.0. The molecule has 1 fully saturated rings. The Labute approximate surface area is 154 Å². The van der Waals surface area contributed by atoms with Gasteiger partial charge in [-0.2, -0.15) is 0 Å². The predicted octanol–water partition coefficient (Wildman–Crippen LogP) is 3.20. The second-order valence-electron chi connectivity index (χ2n) is 6.30. The van der Waals surface area contributed by atoms with Crippen LogP contribution in [-0.4, -0.2) is 37.9 Å². The molecule has 0 atom stereocenters. The Morgan fingerprint density at radius 2 is 1.85 bits per heavy atom. The molecular weight excluding hydrogens is 330 g/mol. The van der Waals surface area contributed by atoms with Gasteiger partial charge in [0.25, 0.3) is 0 Å². The van der Waals surface area contributed by atoms with Gasteiger partial charge >= 0.3 is 6.03 Å². The molecule has 6 nitrogen and oxygen atoms in total. The van der Waals surface area contributed by atoms with E-state index in [0.717, 1.165) is 43.1 Å². The first kappa shape index (κ1) is 18.2. The summed E-state index contributed by atoms with van der Waals surface area (Å²) in [6.07, 6.45) is 1.08. The van der Waals surface area contributed by atoms with Gasteiger partial charge in [-0.3, -0.25) is 4.90 Å². The Balaban J connectivity index is 1.44. The molecule has 3 rings (SSSR count). The average Bonchev–Trinajstić information content (AvgIpc) is 2.69. The number of nitrogens with one attached hydrogen (secondary N) is 2. The molecule has 6 heteroatoms. The van der Waals surface area contributed by atoms with Gasteiger partial charge in [-0.05, 0) is 41.8 Å². The third-order valence-electron chi connectivity index (χ3n) is 4.27. The zero-order valence-electron chi connectivity index (χ0n) is 15.0. The van der Waals surface area contributed by atoms with Gasteiger partial charge < -0.3 is 20.1 Å². The predicted molar refractivity (Wildman–Crippen MR) is 101 cm³/mol. The Morgan fingerprint density at radius 1 is 1.12 bits per heavy atom. The number of benzene rings is 2. The van der Waals surface area contributed by atoms with Crippen LogP contribution in [0.25, 0.3) is 0 Å². The molecule has 26 heavy (non-hydrogen) atoms. The number of nitrogens with zero attached hydrogens (tertiary/aromatic N) is 1. The molecule has 2 amide bonds. The summed E-state index contributed by atoms with van der Waals surface area (Å²) in [5, 5.41) is 5.70. The number of urea groups is 1. The minimum atomic E-state index is -0.224. The van der Waals surface area contributed by atoms with E-state index in [1.807, 2.05) is 48.5 Å². The molecule has 2 aromatic rings. The SMILES string of the molecule is COc1ccc(CNC(=O)Nc2ccc(CN3CCCOC3)cc2)cc1. The lowest BCUT2D eigenvalue weighted by Crippen LogP contribution is -2.32. The fraction of sp³-hybridized carbons (Fsp3) is 0.350. The summed E-state index contributed by atoms with van der Waals surface area (Å²) in [6, 6.07) is 15.3. The number of hydrogen-bond acceptors (Lipinski definition) is 4. The second-order valence-corrected chi connectivity index (χ2v) is 6.30. The van der Waals surface area contributed by atoms with Crippen LogP contribution in [0.5, 0.6) is 5.75 Å². The summed E-state index contributed by atoms with van der Waals surface area (Å²) in [4.78, 5) is 14.3. The third-order valence-corrected chi connectivity index (χ3v) is 4.27. The number of amides is 2. The van der Waals surface area contributed by atoms with Crippen molar-refractivity contribution in [3.8, 4) is 5.75 Å². The number of anilines is 1. The minimum Gasteiger partial charge on any atom is -0.497 e. The zero-order valence-corrected chi connectivity index (χ0v) is 15.0. The smallest absolute Gasteiger partial charge is 0.319 e. The van der Waals surface area contributed by atoms with Crippen molar-refractivity contribution in [2.24, 2.45) is 0 Å². The van der Waals surface area contributed by atoms with Crippen LogP contribution in [0.15, 0.2) is 48.5 Å². The minimum absolute atomic E-state index is 0.224. The monoisotopic (exact) mass is 355 g/mol. The Bertz CT molecular complexity index is 695. The van der Waals surface area contributed by atoms with Gasteiger partial charge in [-0.25, -0.2) is 4.79 Å². The van der Waals surface area contributed by atoms with Crippen LogP contribution >= 0.6 is 0 Å². The molecule has 0 saturated carbocycles. The van der Waals surface area contributed by atoms with Crippen LogP contribution in [-0.2, 0) is 17.8 Å². The number of rotatable bonds is 6. The lowest BCUT2D eigenvalue weighted by molar-refractivity contribution is -0.0176. The Hall–Kier alpha value is -2.57. The molecule has 0 bridgehead atoms. The first-order valence-corrected chi connectivity index (χ1v) is 8.80. The van der Waals surface area contributed by atoms with Crippen molar-refractivity contribution in [1.82, 2.24) is 10.2 Å². The van der Waals surface area contributed by atoms with Gasteiger partial charge in [0.05, 0.1) is 13.8 Å². The fourth-order valence-electron chi connectivity index (χ4n) is 2.83. The molecule has 1 aliphatic rings. The normalized spacial score (nSPS) is 14.7. The number of ether oxygens (including phenoxy) is 2. The summed E-state index contributed by atoms with van der Waals surface area (Å²) >= 11 is 0. The van der Waals surface area contributed by atoms with Crippen molar-refractivity contribution in [3.63, 3.8) is 0 Å². The molecular formula is C20H25N3O3. The van der Waals surface area contributed by atoms with Crippen LogP contribution in [0.4, 0.5) is 10.5 Å². The fourth-order valence-corrected chi connectivity index (χ4v) is 2.83. The highest BCUT2D eigenvalue weighted by Gasteiger charge is 2.10. The van der Waals surface area contributed by atoms with E-state index in [1.54, 1.807) is 7.11 Å². The van der Waals surface area contributed by atoms with Gasteiger partial charge in [0.1, 0.15) is 5.75 Å². The van der Waals surface area contributed by atoms with Crippen LogP contribution in [0.3, 0.4) is 0 Å². The van der Waals surface area contributed by atoms with E-state index in [-0.39, 0.29) is 6.03 Å². The van der Waals surface area contributed by atoms with Crippen molar-refractivity contribution in [2.75, 3.05) is 32.3 Å². The molecule has 2 N–H and O–H groups in total. The van der Waals surface area contributed by atoms with Crippen molar-refractivity contribution in [1.29, 1.82) is 0 Å². The lowest BCUT2D eigenvalue weighted by atomic mass is 10.2. The van der Waals surface area contributed by atoms with Gasteiger partial charge in [-0.1, -0.05) is 24.3 Å². The molecule has 0 aromatic heterocycles. The summed E-state index contributed by atoms with van der Waals surface area (Å²) in [7, 11) is 1.63. The van der Waals surface area contributed by atoms with Crippen molar-refractivity contribution in [2.45, 2.75) is 19.5 Å². The van der Waals surface area contributed by atoms with Crippen LogP contribution in [0.1, 0.15) is 17.5 Å². The third kappa shape index (κ3) is 5.47. The zero-order chi connectivity index (χ0) is 18.2. The standard InChI is InChI=1S/C20H25N3O3/c1-25-19-9-5-16(6-10-19)13-21-20(24)22-18-7-3-17(4-8-18)14-23-11-2-12-26-15-23/h3-10H,2,11-15H2,1H3,(H2,21,22,24). The molecule has 0 aliphatic carbocycles. The highest BCUT2D eigenvalue weighted by Crippen LogP contribution is 2.14. The van der Waals surface area contributed by atoms with E-state index in [4.69, 9.17) is 9.47 Å². The van der Waals surface area contributed by atoms with E-state index in [9.17, 15) is 4.79 Å². The maximum Gasteiger partial charge on any atom is 0.319 e. The first-order valence-electron chi connectivity index (χ1n) is 8.80. The van der Waals surface area contributed by atoms with E-state index in [1.165, 1.54) is 5.56 Å². The van der Waals surface area contributed by atoms with Crippen LogP contribution < -0.4 is 15.4 Å². The highest BCUT2D eigenvalue weighted by atomic mass is 16.5. The largest absolute Gasteiger partial charge is 0.497 e. The topological polar surface area (TPSA) is 62.8 Å². The van der Waals surface area contributed by atoms with E-state index in [2.05, 4.69) is 15.5 Å². The molecule has 0 unspecified atom stereocenters. The van der Waals surface area contributed by atoms with Crippen molar-refractivity contribution < 1.29 is 14.3 Å². The summed E-state index contributed by atoms with van der Waals surface area (Å²) in [5.41, 5.74) is 3.00. The number of carbonyl (C=O) groups excluding carboxylic acids is 1. The molecule has 1 saturated heterocycles. The molecule has 138 valence electrons. The van der Waals surface area contributed by atoms with E-state index < -0.39 is 0 Å². The van der Waals surface area contributed by atoms with Crippen LogP contribution in [0, 0.1) is 0 Å². The highest BCUT2D eigenvalue weighted by molar-refractivity contribution is 5.89. The molecule has 1 heterocycles. The van der Waals surface area contributed by atoms with Gasteiger partial charge in [0.2, 0.25) is 0 Å².